The van der Waals surface area contributed by atoms with E-state index in [-0.39, 0.29) is 35.0 Å². The number of hydrogen-bond donors (Lipinski definition) is 0. The lowest BCUT2D eigenvalue weighted by molar-refractivity contribution is -0.237. The van der Waals surface area contributed by atoms with E-state index in [1.54, 1.807) is 0 Å². The molecular weight excluding hydrogens is 520 g/mol. The molecule has 0 aromatic rings. The van der Waals surface area contributed by atoms with Gasteiger partial charge in [0.2, 0.25) is 0 Å². The number of unbranched alkanes of at least 4 members (excludes halogenated alkanes) is 17. The fourth-order valence-corrected chi connectivity index (χ4v) is 5.31. The fraction of sp³-hybridized carbons (Fsp3) is 1.00. The minimum absolute atomic E-state index is 0.0955. The highest BCUT2D eigenvalue weighted by Crippen LogP contribution is 2.24. The molecule has 0 saturated heterocycles. The first kappa shape index (κ1) is 41.8. The molecule has 0 N–H and O–H groups in total. The molecule has 0 aromatic carbocycles. The van der Waals surface area contributed by atoms with Gasteiger partial charge < -0.3 is 18.9 Å². The molecule has 0 amide bonds. The van der Waals surface area contributed by atoms with Gasteiger partial charge in [0.1, 0.15) is 0 Å². The summed E-state index contributed by atoms with van der Waals surface area (Å²) in [6, 6.07) is 0. The van der Waals surface area contributed by atoms with Crippen molar-refractivity contribution >= 4 is 0 Å². The van der Waals surface area contributed by atoms with Gasteiger partial charge in [-0.1, -0.05) is 103 Å². The second kappa shape index (κ2) is 22.4. The van der Waals surface area contributed by atoms with Gasteiger partial charge in [-0.2, -0.15) is 0 Å². The second-order valence-electron chi connectivity index (χ2n) is 16.7. The zero-order chi connectivity index (χ0) is 32.1. The van der Waals surface area contributed by atoms with Crippen LogP contribution in [0.4, 0.5) is 0 Å². The van der Waals surface area contributed by atoms with Crippen LogP contribution in [0, 0.1) is 0 Å². The Hall–Kier alpha value is -0.160. The van der Waals surface area contributed by atoms with Crippen LogP contribution in [-0.4, -0.2) is 35.0 Å². The quantitative estimate of drug-likeness (QED) is 0.0773. The Balaban J connectivity index is 3.57. The van der Waals surface area contributed by atoms with Crippen molar-refractivity contribution in [3.8, 4) is 0 Å². The Kier molecular flexibility index (Phi) is 22.3. The zero-order valence-electron chi connectivity index (χ0n) is 30.9. The van der Waals surface area contributed by atoms with Gasteiger partial charge >= 0.3 is 0 Å². The monoisotopic (exact) mass is 599 g/mol. The molecule has 0 spiro atoms. The molecule has 0 aromatic heterocycles. The van der Waals surface area contributed by atoms with E-state index < -0.39 is 0 Å². The van der Waals surface area contributed by atoms with Gasteiger partial charge in [-0.3, -0.25) is 0 Å². The van der Waals surface area contributed by atoms with Gasteiger partial charge in [0.25, 0.3) is 0 Å². The van der Waals surface area contributed by atoms with Crippen molar-refractivity contribution in [3.63, 3.8) is 0 Å². The van der Waals surface area contributed by atoms with Gasteiger partial charge in [-0.05, 0) is 109 Å². The summed E-state index contributed by atoms with van der Waals surface area (Å²) in [5, 5.41) is 0. The third-order valence-corrected chi connectivity index (χ3v) is 7.07. The Labute approximate surface area is 265 Å². The largest absolute Gasteiger partial charge is 0.347 e. The van der Waals surface area contributed by atoms with Crippen LogP contribution in [0.5, 0.6) is 0 Å². The van der Waals surface area contributed by atoms with Crippen molar-refractivity contribution in [2.75, 3.05) is 0 Å². The number of rotatable bonds is 25. The summed E-state index contributed by atoms with van der Waals surface area (Å²) >= 11 is 0. The van der Waals surface area contributed by atoms with Gasteiger partial charge in [-0.25, -0.2) is 0 Å². The average molecular weight is 599 g/mol. The molecule has 4 heteroatoms. The molecule has 0 bridgehead atoms. The van der Waals surface area contributed by atoms with Gasteiger partial charge in [0.15, 0.2) is 12.6 Å². The van der Waals surface area contributed by atoms with Crippen LogP contribution in [0.3, 0.4) is 0 Å². The minimum Gasteiger partial charge on any atom is -0.347 e. The molecule has 0 aliphatic heterocycles. The average Bonchev–Trinajstić information content (AvgIpc) is 2.78. The van der Waals surface area contributed by atoms with E-state index in [0.29, 0.717) is 0 Å². The van der Waals surface area contributed by atoms with E-state index in [1.165, 1.54) is 116 Å². The SMILES string of the molecule is CC(C)(C)OC(CCCCCCCCCCCCCCCCCCCCC(OC(C)(C)C)OC(C)(C)C)OC(C)(C)C. The maximum atomic E-state index is 6.15. The first-order valence-electron chi connectivity index (χ1n) is 18.1. The van der Waals surface area contributed by atoms with Gasteiger partial charge in [0, 0.05) is 0 Å². The lowest BCUT2D eigenvalue weighted by atomic mass is 10.0. The van der Waals surface area contributed by atoms with Gasteiger partial charge in [-0.15, -0.1) is 0 Å². The lowest BCUT2D eigenvalue weighted by Gasteiger charge is -2.32. The maximum Gasteiger partial charge on any atom is 0.158 e. The molecule has 42 heavy (non-hydrogen) atoms. The molecule has 0 heterocycles. The van der Waals surface area contributed by atoms with Crippen molar-refractivity contribution in [1.82, 2.24) is 0 Å². The molecule has 0 unspecified atom stereocenters. The van der Waals surface area contributed by atoms with Crippen molar-refractivity contribution in [2.45, 2.75) is 246 Å². The van der Waals surface area contributed by atoms with Crippen LogP contribution in [-0.2, 0) is 18.9 Å². The number of hydrogen-bond acceptors (Lipinski definition) is 4. The summed E-state index contributed by atoms with van der Waals surface area (Å²) < 4.78 is 24.6. The molecule has 0 radical (unpaired) electrons. The minimum atomic E-state index is -0.161. The Morgan fingerprint density at radius 1 is 0.262 bits per heavy atom. The topological polar surface area (TPSA) is 36.9 Å². The molecule has 0 aliphatic carbocycles. The fourth-order valence-electron chi connectivity index (χ4n) is 5.31. The highest BCUT2D eigenvalue weighted by atomic mass is 16.7. The molecule has 0 fully saturated rings. The number of ether oxygens (including phenoxy) is 4. The second-order valence-corrected chi connectivity index (χ2v) is 16.7. The summed E-state index contributed by atoms with van der Waals surface area (Å²) in [7, 11) is 0. The Bertz CT molecular complexity index is 517. The summed E-state index contributed by atoms with van der Waals surface area (Å²) in [6.07, 6.45) is 26.4. The van der Waals surface area contributed by atoms with Crippen LogP contribution >= 0.6 is 0 Å². The first-order valence-corrected chi connectivity index (χ1v) is 18.1. The molecule has 0 aliphatic rings. The molecule has 4 nitrogen and oxygen atoms in total. The normalized spacial score (nSPS) is 13.6. The van der Waals surface area contributed by atoms with Crippen LogP contribution in [0.25, 0.3) is 0 Å². The Morgan fingerprint density at radius 3 is 0.548 bits per heavy atom. The van der Waals surface area contributed by atoms with E-state index in [4.69, 9.17) is 18.9 Å². The predicted octanol–water partition coefficient (Wildman–Crippen LogP) is 12.7. The van der Waals surface area contributed by atoms with Crippen molar-refractivity contribution < 1.29 is 18.9 Å². The summed E-state index contributed by atoms with van der Waals surface area (Å²) in [4.78, 5) is 0. The van der Waals surface area contributed by atoms with Crippen LogP contribution in [0.15, 0.2) is 0 Å². The Morgan fingerprint density at radius 2 is 0.405 bits per heavy atom. The van der Waals surface area contributed by atoms with Crippen LogP contribution in [0.1, 0.15) is 212 Å². The van der Waals surface area contributed by atoms with E-state index in [1.807, 2.05) is 0 Å². The van der Waals surface area contributed by atoms with E-state index in [9.17, 15) is 0 Å². The summed E-state index contributed by atoms with van der Waals surface area (Å²) in [5.41, 5.74) is -0.645. The van der Waals surface area contributed by atoms with E-state index in [0.717, 1.165) is 12.8 Å². The van der Waals surface area contributed by atoms with Crippen LogP contribution in [0.2, 0.25) is 0 Å². The highest BCUT2D eigenvalue weighted by Gasteiger charge is 2.25. The molecular formula is C38H78O4. The molecule has 254 valence electrons. The summed E-state index contributed by atoms with van der Waals surface area (Å²) in [6.45, 7) is 25.3. The highest BCUT2D eigenvalue weighted by molar-refractivity contribution is 4.67. The summed E-state index contributed by atoms with van der Waals surface area (Å²) in [5.74, 6) is 0. The van der Waals surface area contributed by atoms with Crippen molar-refractivity contribution in [2.24, 2.45) is 0 Å². The van der Waals surface area contributed by atoms with Crippen molar-refractivity contribution in [3.05, 3.63) is 0 Å². The zero-order valence-corrected chi connectivity index (χ0v) is 30.9. The molecule has 0 saturated carbocycles. The van der Waals surface area contributed by atoms with Crippen molar-refractivity contribution in [1.29, 1.82) is 0 Å². The van der Waals surface area contributed by atoms with E-state index in [2.05, 4.69) is 83.1 Å². The van der Waals surface area contributed by atoms with Crippen LogP contribution < -0.4 is 0 Å². The third-order valence-electron chi connectivity index (χ3n) is 7.07. The third kappa shape index (κ3) is 32.7. The smallest absolute Gasteiger partial charge is 0.158 e. The standard InChI is InChI=1S/C38H78O4/c1-35(2,3)39-33(40-36(4,5)6)31-29-27-25-23-21-19-17-15-13-14-16-18-20-22-24-26-28-30-32-34(41-37(7,8)9)42-38(10,11)12/h33-34H,13-32H2,1-12H3. The van der Waals surface area contributed by atoms with E-state index >= 15 is 0 Å². The lowest BCUT2D eigenvalue weighted by Crippen LogP contribution is -2.35. The molecule has 0 atom stereocenters. The predicted molar refractivity (Wildman–Crippen MR) is 183 cm³/mol. The first-order chi connectivity index (χ1) is 19.4. The maximum absolute atomic E-state index is 6.15. The van der Waals surface area contributed by atoms with Gasteiger partial charge in [0.05, 0.1) is 22.4 Å². The molecule has 0 rings (SSSR count).